The highest BCUT2D eigenvalue weighted by Crippen LogP contribution is 2.40. The summed E-state index contributed by atoms with van der Waals surface area (Å²) in [5, 5.41) is 39.6. The minimum atomic E-state index is -0.508. The van der Waals surface area contributed by atoms with E-state index in [0.29, 0.717) is 16.5 Å². The molecule has 10 nitrogen and oxygen atoms in total. The lowest BCUT2D eigenvalue weighted by Crippen LogP contribution is -2.12. The van der Waals surface area contributed by atoms with Gasteiger partial charge in [-0.2, -0.15) is 15.0 Å². The molecule has 0 saturated carbocycles. The average Bonchev–Trinajstić information content (AvgIpc) is 3.40. The third-order valence-corrected chi connectivity index (χ3v) is 6.13. The van der Waals surface area contributed by atoms with E-state index in [1.807, 2.05) is 54.6 Å². The topological polar surface area (TPSA) is 141 Å². The van der Waals surface area contributed by atoms with E-state index in [0.717, 1.165) is 10.8 Å². The van der Waals surface area contributed by atoms with Crippen LogP contribution in [0.2, 0.25) is 0 Å². The van der Waals surface area contributed by atoms with Crippen LogP contribution >= 0.6 is 0 Å². The van der Waals surface area contributed by atoms with Gasteiger partial charge in [-0.05, 0) is 29.0 Å². The van der Waals surface area contributed by atoms with E-state index < -0.39 is 5.91 Å². The lowest BCUT2D eigenvalue weighted by molar-refractivity contribution is 0.102. The maximum atomic E-state index is 13.4. The predicted octanol–water partition coefficient (Wildman–Crippen LogP) is 6.21. The van der Waals surface area contributed by atoms with Gasteiger partial charge in [0.2, 0.25) is 0 Å². The number of nitrogens with zero attached hydrogens (tertiary/aromatic N) is 7. The molecule has 0 unspecified atom stereocenters. The molecule has 0 bridgehead atoms. The molecular weight excluding hydrogens is 492 g/mol. The van der Waals surface area contributed by atoms with Crippen molar-refractivity contribution >= 4 is 44.6 Å². The summed E-state index contributed by atoms with van der Waals surface area (Å²) in [7, 11) is 0. The van der Waals surface area contributed by atoms with Crippen molar-refractivity contribution in [3.63, 3.8) is 0 Å². The van der Waals surface area contributed by atoms with E-state index >= 15 is 0 Å². The summed E-state index contributed by atoms with van der Waals surface area (Å²) >= 11 is 0. The van der Waals surface area contributed by atoms with Crippen LogP contribution in [-0.4, -0.2) is 30.8 Å². The predicted molar refractivity (Wildman–Crippen MR) is 146 cm³/mol. The molecule has 0 aliphatic rings. The van der Waals surface area contributed by atoms with Gasteiger partial charge in [-0.25, -0.2) is 9.97 Å². The number of aromatic nitrogens is 4. The monoisotopic (exact) mass is 510 g/mol. The number of anilines is 1. The van der Waals surface area contributed by atoms with Gasteiger partial charge in [-0.15, -0.1) is 10.2 Å². The first-order valence-corrected chi connectivity index (χ1v) is 11.8. The number of nitrogens with one attached hydrogen (secondary N) is 1. The molecule has 2 aromatic heterocycles. The molecule has 0 radical (unpaired) electrons. The highest BCUT2D eigenvalue weighted by Gasteiger charge is 2.20. The molecule has 6 rings (SSSR count). The van der Waals surface area contributed by atoms with E-state index in [-0.39, 0.29) is 34.3 Å². The summed E-state index contributed by atoms with van der Waals surface area (Å²) in [6.45, 7) is 0. The van der Waals surface area contributed by atoms with Crippen molar-refractivity contribution in [3.8, 4) is 17.8 Å². The van der Waals surface area contributed by atoms with Crippen LogP contribution < -0.4 is 5.32 Å². The number of carbonyl (C=O) groups excluding carboxylic acids is 1. The number of hydrogen-bond donors (Lipinski definition) is 2. The Morgan fingerprint density at radius 2 is 1.62 bits per heavy atom. The van der Waals surface area contributed by atoms with Crippen LogP contribution in [0.1, 0.15) is 15.9 Å². The number of rotatable bonds is 5. The van der Waals surface area contributed by atoms with Gasteiger partial charge in [0, 0.05) is 28.9 Å². The minimum absolute atomic E-state index is 0.0241. The lowest BCUT2D eigenvalue weighted by Gasteiger charge is -2.12. The van der Waals surface area contributed by atoms with Crippen LogP contribution in [-0.2, 0) is 0 Å². The molecule has 0 saturated heterocycles. The number of aromatic hydroxyl groups is 1. The van der Waals surface area contributed by atoms with Gasteiger partial charge < -0.3 is 10.4 Å². The van der Waals surface area contributed by atoms with E-state index in [4.69, 9.17) is 0 Å². The zero-order valence-corrected chi connectivity index (χ0v) is 20.2. The Balaban J connectivity index is 1.45. The first-order valence-electron chi connectivity index (χ1n) is 11.8. The number of phenols is 1. The van der Waals surface area contributed by atoms with Crippen molar-refractivity contribution < 1.29 is 9.90 Å². The molecule has 2 heterocycles. The molecule has 1 amide bonds. The fraction of sp³-hybridized carbons (Fsp3) is 0. The van der Waals surface area contributed by atoms with Crippen LogP contribution in [0, 0.1) is 11.3 Å². The highest BCUT2D eigenvalue weighted by molar-refractivity contribution is 6.14. The Labute approximate surface area is 221 Å². The van der Waals surface area contributed by atoms with Gasteiger partial charge in [-0.1, -0.05) is 60.7 Å². The summed E-state index contributed by atoms with van der Waals surface area (Å²) in [6.07, 6.45) is 4.40. The number of fused-ring (bicyclic) bond motifs is 2. The Kier molecular flexibility index (Phi) is 5.91. The van der Waals surface area contributed by atoms with Crippen molar-refractivity contribution in [2.45, 2.75) is 0 Å². The lowest BCUT2D eigenvalue weighted by atomic mass is 10.0. The van der Waals surface area contributed by atoms with E-state index in [1.165, 1.54) is 23.3 Å². The standard InChI is InChI=1S/C29H18N8O2/c30-16-20-17-33-37(29-31-13-6-14-32-29)27(20)36-35-25-22-11-4-2-8-19(22)15-23(26(25)38)28(39)34-24-12-5-9-18-7-1-3-10-21(18)24/h1-15,17,38H,(H,34,39). The fourth-order valence-electron chi connectivity index (χ4n) is 4.28. The summed E-state index contributed by atoms with van der Waals surface area (Å²) in [6, 6.07) is 25.8. The molecular formula is C29H18N8O2. The zero-order chi connectivity index (χ0) is 26.8. The molecule has 10 heteroatoms. The maximum Gasteiger partial charge on any atom is 0.259 e. The van der Waals surface area contributed by atoms with Gasteiger partial charge in [-0.3, -0.25) is 4.79 Å². The number of phenolic OH excluding ortho intramolecular Hbond substituents is 1. The summed E-state index contributed by atoms with van der Waals surface area (Å²) in [5.41, 5.74) is 0.844. The quantitative estimate of drug-likeness (QED) is 0.264. The van der Waals surface area contributed by atoms with Crippen LogP contribution in [0.5, 0.6) is 5.75 Å². The molecule has 0 fully saturated rings. The van der Waals surface area contributed by atoms with Crippen LogP contribution in [0.15, 0.2) is 108 Å². The van der Waals surface area contributed by atoms with Gasteiger partial charge in [0.15, 0.2) is 11.6 Å². The van der Waals surface area contributed by atoms with Crippen molar-refractivity contribution in [2.24, 2.45) is 10.2 Å². The Bertz CT molecular complexity index is 1940. The molecule has 0 atom stereocenters. The van der Waals surface area contributed by atoms with Crippen molar-refractivity contribution in [1.29, 1.82) is 5.26 Å². The molecule has 6 aromatic rings. The number of nitriles is 1. The normalized spacial score (nSPS) is 11.2. The van der Waals surface area contributed by atoms with Gasteiger partial charge in [0.05, 0.1) is 11.8 Å². The minimum Gasteiger partial charge on any atom is -0.505 e. The smallest absolute Gasteiger partial charge is 0.259 e. The average molecular weight is 511 g/mol. The summed E-state index contributed by atoms with van der Waals surface area (Å²) < 4.78 is 1.28. The Morgan fingerprint density at radius 3 is 2.41 bits per heavy atom. The van der Waals surface area contributed by atoms with Gasteiger partial charge in [0.1, 0.15) is 17.3 Å². The first-order chi connectivity index (χ1) is 19.1. The summed E-state index contributed by atoms with van der Waals surface area (Å²) in [5.74, 6) is -0.578. The molecule has 0 aliphatic carbocycles. The second-order valence-corrected chi connectivity index (χ2v) is 8.48. The second kappa shape index (κ2) is 9.84. The van der Waals surface area contributed by atoms with Crippen molar-refractivity contribution in [3.05, 3.63) is 109 Å². The third-order valence-electron chi connectivity index (χ3n) is 6.13. The first kappa shape index (κ1) is 23.4. The van der Waals surface area contributed by atoms with E-state index in [9.17, 15) is 15.2 Å². The van der Waals surface area contributed by atoms with E-state index in [1.54, 1.807) is 30.3 Å². The highest BCUT2D eigenvalue weighted by atomic mass is 16.3. The molecule has 2 N–H and O–H groups in total. The van der Waals surface area contributed by atoms with Crippen LogP contribution in [0.25, 0.3) is 27.5 Å². The summed E-state index contributed by atoms with van der Waals surface area (Å²) in [4.78, 5) is 21.7. The van der Waals surface area contributed by atoms with Crippen molar-refractivity contribution in [1.82, 2.24) is 19.7 Å². The molecule has 0 aliphatic heterocycles. The van der Waals surface area contributed by atoms with Gasteiger partial charge in [0.25, 0.3) is 11.9 Å². The van der Waals surface area contributed by atoms with E-state index in [2.05, 4.69) is 30.6 Å². The number of benzene rings is 4. The number of azo groups is 1. The molecule has 4 aromatic carbocycles. The fourth-order valence-corrected chi connectivity index (χ4v) is 4.28. The second-order valence-electron chi connectivity index (χ2n) is 8.48. The molecule has 186 valence electrons. The van der Waals surface area contributed by atoms with Crippen LogP contribution in [0.4, 0.5) is 17.2 Å². The van der Waals surface area contributed by atoms with Crippen LogP contribution in [0.3, 0.4) is 0 Å². The molecule has 39 heavy (non-hydrogen) atoms. The number of amides is 1. The molecule has 0 spiro atoms. The zero-order valence-electron chi connectivity index (χ0n) is 20.2. The third kappa shape index (κ3) is 4.30. The number of hydrogen-bond acceptors (Lipinski definition) is 8. The number of carbonyl (C=O) groups is 1. The SMILES string of the molecule is N#Cc1cnn(-c2ncccn2)c1N=Nc1c(O)c(C(=O)Nc2cccc3ccccc23)cc2ccccc12. The Hall–Kier alpha value is -5.95. The van der Waals surface area contributed by atoms with Crippen molar-refractivity contribution in [2.75, 3.05) is 5.32 Å². The largest absolute Gasteiger partial charge is 0.505 e. The Morgan fingerprint density at radius 1 is 0.897 bits per heavy atom. The van der Waals surface area contributed by atoms with Gasteiger partial charge >= 0.3 is 0 Å². The maximum absolute atomic E-state index is 13.4.